The van der Waals surface area contributed by atoms with E-state index < -0.39 is 10.0 Å². The van der Waals surface area contributed by atoms with Gasteiger partial charge in [0.15, 0.2) is 0 Å². The van der Waals surface area contributed by atoms with E-state index in [-0.39, 0.29) is 17.2 Å². The SMILES string of the molecule is Cc1cnc(-c2ccc(OCC3COCCC3NS(=O)(=O)C3CC3)cc2)s1. The Bertz CT molecular complexity index is 875. The van der Waals surface area contributed by atoms with Crippen molar-refractivity contribution < 1.29 is 17.9 Å². The van der Waals surface area contributed by atoms with Gasteiger partial charge in [-0.2, -0.15) is 0 Å². The average Bonchev–Trinajstić information content (AvgIpc) is 3.44. The number of aromatic nitrogens is 1. The Morgan fingerprint density at radius 3 is 2.70 bits per heavy atom. The molecular weight excluding hydrogens is 384 g/mol. The summed E-state index contributed by atoms with van der Waals surface area (Å²) in [7, 11) is -3.20. The van der Waals surface area contributed by atoms with Crippen LogP contribution < -0.4 is 9.46 Å². The second kappa shape index (κ2) is 7.87. The second-order valence-electron chi connectivity index (χ2n) is 7.20. The summed E-state index contributed by atoms with van der Waals surface area (Å²) in [5, 5.41) is 0.790. The molecule has 2 heterocycles. The van der Waals surface area contributed by atoms with E-state index in [1.807, 2.05) is 37.4 Å². The quantitative estimate of drug-likeness (QED) is 0.762. The van der Waals surface area contributed by atoms with Gasteiger partial charge in [-0.1, -0.05) is 0 Å². The molecule has 1 aromatic carbocycles. The first-order valence-electron chi connectivity index (χ1n) is 9.26. The Morgan fingerprint density at radius 2 is 2.04 bits per heavy atom. The molecule has 0 amide bonds. The highest BCUT2D eigenvalue weighted by Crippen LogP contribution is 2.30. The van der Waals surface area contributed by atoms with Gasteiger partial charge in [0.05, 0.1) is 18.5 Å². The maximum Gasteiger partial charge on any atom is 0.214 e. The Kier molecular flexibility index (Phi) is 5.50. The molecule has 8 heteroatoms. The average molecular weight is 409 g/mol. The van der Waals surface area contributed by atoms with E-state index in [0.717, 1.165) is 29.2 Å². The molecule has 2 aliphatic rings. The van der Waals surface area contributed by atoms with Crippen LogP contribution in [0, 0.1) is 12.8 Å². The van der Waals surface area contributed by atoms with Crippen LogP contribution in [0.15, 0.2) is 30.5 Å². The van der Waals surface area contributed by atoms with Crippen molar-refractivity contribution in [3.63, 3.8) is 0 Å². The summed E-state index contributed by atoms with van der Waals surface area (Å²) in [6.07, 6.45) is 4.09. The molecule has 146 valence electrons. The highest BCUT2D eigenvalue weighted by atomic mass is 32.2. The number of benzene rings is 1. The zero-order valence-electron chi connectivity index (χ0n) is 15.3. The molecule has 1 aromatic heterocycles. The lowest BCUT2D eigenvalue weighted by atomic mass is 9.98. The summed E-state index contributed by atoms with van der Waals surface area (Å²) in [6, 6.07) is 7.73. The summed E-state index contributed by atoms with van der Waals surface area (Å²) >= 11 is 1.66. The van der Waals surface area contributed by atoms with Gasteiger partial charge in [0, 0.05) is 35.2 Å². The molecule has 2 fully saturated rings. The van der Waals surface area contributed by atoms with Gasteiger partial charge in [-0.15, -0.1) is 11.3 Å². The smallest absolute Gasteiger partial charge is 0.214 e. The van der Waals surface area contributed by atoms with Crippen LogP contribution in [0.3, 0.4) is 0 Å². The van der Waals surface area contributed by atoms with E-state index in [9.17, 15) is 8.42 Å². The lowest BCUT2D eigenvalue weighted by Gasteiger charge is -2.31. The van der Waals surface area contributed by atoms with E-state index in [0.29, 0.717) is 26.2 Å². The van der Waals surface area contributed by atoms with Crippen LogP contribution in [0.4, 0.5) is 0 Å². The fourth-order valence-corrected chi connectivity index (χ4v) is 5.64. The van der Waals surface area contributed by atoms with E-state index in [2.05, 4.69) is 9.71 Å². The van der Waals surface area contributed by atoms with Crippen LogP contribution in [-0.4, -0.2) is 44.5 Å². The van der Waals surface area contributed by atoms with E-state index >= 15 is 0 Å². The van der Waals surface area contributed by atoms with Crippen LogP contribution >= 0.6 is 11.3 Å². The zero-order chi connectivity index (χ0) is 18.9. The topological polar surface area (TPSA) is 77.5 Å². The first-order chi connectivity index (χ1) is 13.0. The standard InChI is InChI=1S/C19H24N2O4S2/c1-13-10-20-19(26-13)14-2-4-16(5-3-14)25-12-15-11-24-9-8-18(15)21-27(22,23)17-6-7-17/h2-5,10,15,17-18,21H,6-9,11-12H2,1H3. The molecule has 4 rings (SSSR count). The predicted molar refractivity (Wildman–Crippen MR) is 106 cm³/mol. The van der Waals surface area contributed by atoms with Crippen molar-refractivity contribution in [3.05, 3.63) is 35.3 Å². The number of aryl methyl sites for hydroxylation is 1. The molecule has 2 atom stereocenters. The van der Waals surface area contributed by atoms with E-state index in [1.165, 1.54) is 4.88 Å². The Morgan fingerprint density at radius 1 is 1.26 bits per heavy atom. The molecule has 0 radical (unpaired) electrons. The first kappa shape index (κ1) is 18.9. The number of ether oxygens (including phenoxy) is 2. The fraction of sp³-hybridized carbons (Fsp3) is 0.526. The minimum atomic E-state index is -3.20. The number of nitrogens with zero attached hydrogens (tertiary/aromatic N) is 1. The number of hydrogen-bond acceptors (Lipinski definition) is 6. The van der Waals surface area contributed by atoms with Gasteiger partial charge in [-0.05, 0) is 50.5 Å². The molecular formula is C19H24N2O4S2. The van der Waals surface area contributed by atoms with Crippen LogP contribution in [0.1, 0.15) is 24.1 Å². The third-order valence-electron chi connectivity index (χ3n) is 4.94. The number of nitrogens with one attached hydrogen (secondary N) is 1. The highest BCUT2D eigenvalue weighted by molar-refractivity contribution is 7.90. The van der Waals surface area contributed by atoms with Gasteiger partial charge in [-0.3, -0.25) is 0 Å². The molecule has 2 aromatic rings. The normalized spacial score (nSPS) is 23.3. The van der Waals surface area contributed by atoms with Gasteiger partial charge in [0.25, 0.3) is 0 Å². The van der Waals surface area contributed by atoms with Crippen molar-refractivity contribution in [1.29, 1.82) is 0 Å². The van der Waals surface area contributed by atoms with Gasteiger partial charge in [0.1, 0.15) is 10.8 Å². The summed E-state index contributed by atoms with van der Waals surface area (Å²) in [4.78, 5) is 5.58. The molecule has 1 aliphatic carbocycles. The number of rotatable bonds is 7. The third kappa shape index (κ3) is 4.68. The van der Waals surface area contributed by atoms with Crippen LogP contribution in [0.25, 0.3) is 10.6 Å². The van der Waals surface area contributed by atoms with E-state index in [1.54, 1.807) is 11.3 Å². The summed E-state index contributed by atoms with van der Waals surface area (Å²) in [5.41, 5.74) is 1.07. The van der Waals surface area contributed by atoms with E-state index in [4.69, 9.17) is 9.47 Å². The van der Waals surface area contributed by atoms with Crippen LogP contribution in [-0.2, 0) is 14.8 Å². The predicted octanol–water partition coefficient (Wildman–Crippen LogP) is 2.98. The molecule has 2 unspecified atom stereocenters. The van der Waals surface area contributed by atoms with Gasteiger partial charge < -0.3 is 9.47 Å². The molecule has 6 nitrogen and oxygen atoms in total. The first-order valence-corrected chi connectivity index (χ1v) is 11.6. The maximum atomic E-state index is 12.3. The van der Waals surface area contributed by atoms with Crippen molar-refractivity contribution in [2.24, 2.45) is 5.92 Å². The summed E-state index contributed by atoms with van der Waals surface area (Å²) in [6.45, 7) is 3.55. The molecule has 1 saturated carbocycles. The van der Waals surface area contributed by atoms with Crippen molar-refractivity contribution in [1.82, 2.24) is 9.71 Å². The fourth-order valence-electron chi connectivity index (χ4n) is 3.19. The Labute approximate surface area is 164 Å². The summed E-state index contributed by atoms with van der Waals surface area (Å²) < 4.78 is 38.9. The highest BCUT2D eigenvalue weighted by Gasteiger charge is 2.39. The number of thiazole rings is 1. The summed E-state index contributed by atoms with van der Waals surface area (Å²) in [5.74, 6) is 0.773. The Balaban J connectivity index is 1.36. The molecule has 0 bridgehead atoms. The third-order valence-corrected chi connectivity index (χ3v) is 7.88. The zero-order valence-corrected chi connectivity index (χ0v) is 16.9. The van der Waals surface area contributed by atoms with Crippen molar-refractivity contribution >= 4 is 21.4 Å². The largest absolute Gasteiger partial charge is 0.493 e. The van der Waals surface area contributed by atoms with Crippen molar-refractivity contribution in [3.8, 4) is 16.3 Å². The molecule has 1 aliphatic heterocycles. The molecule has 0 spiro atoms. The second-order valence-corrected chi connectivity index (χ2v) is 10.4. The lowest BCUT2D eigenvalue weighted by molar-refractivity contribution is 0.0186. The number of sulfonamides is 1. The monoisotopic (exact) mass is 408 g/mol. The number of hydrogen-bond donors (Lipinski definition) is 1. The van der Waals surface area contributed by atoms with Gasteiger partial charge >= 0.3 is 0 Å². The van der Waals surface area contributed by atoms with Gasteiger partial charge in [-0.25, -0.2) is 18.1 Å². The van der Waals surface area contributed by atoms with Gasteiger partial charge in [0.2, 0.25) is 10.0 Å². The maximum absolute atomic E-state index is 12.3. The van der Waals surface area contributed by atoms with Crippen LogP contribution in [0.5, 0.6) is 5.75 Å². The minimum Gasteiger partial charge on any atom is -0.493 e. The molecule has 1 N–H and O–H groups in total. The van der Waals surface area contributed by atoms with Crippen LogP contribution in [0.2, 0.25) is 0 Å². The molecule has 27 heavy (non-hydrogen) atoms. The van der Waals surface area contributed by atoms with Crippen molar-refractivity contribution in [2.45, 2.75) is 37.5 Å². The lowest BCUT2D eigenvalue weighted by Crippen LogP contribution is -2.48. The minimum absolute atomic E-state index is 0.00793. The van der Waals surface area contributed by atoms with Crippen molar-refractivity contribution in [2.75, 3.05) is 19.8 Å². The Hall–Kier alpha value is -1.48. The molecule has 1 saturated heterocycles.